The third-order valence-corrected chi connectivity index (χ3v) is 17.2. The second kappa shape index (κ2) is 11.7. The van der Waals surface area contributed by atoms with Crippen molar-refractivity contribution in [1.82, 2.24) is 9.55 Å². The number of benzene rings is 1. The molecule has 1 N–H and O–H groups in total. The summed E-state index contributed by atoms with van der Waals surface area (Å²) in [5.41, 5.74) is -0.533. The van der Waals surface area contributed by atoms with Gasteiger partial charge >= 0.3 is 11.8 Å². The highest BCUT2D eigenvalue weighted by Gasteiger charge is 2.46. The third kappa shape index (κ3) is 7.88. The van der Waals surface area contributed by atoms with E-state index in [1.165, 1.54) is 4.57 Å². The number of hydrogen-bond acceptors (Lipinski definition) is 7. The number of rotatable bonds is 8. The van der Waals surface area contributed by atoms with Gasteiger partial charge in [0.1, 0.15) is 23.9 Å². The molecule has 39 heavy (non-hydrogen) atoms. The van der Waals surface area contributed by atoms with Gasteiger partial charge in [-0.15, -0.1) is 0 Å². The summed E-state index contributed by atoms with van der Waals surface area (Å²) in [5, 5.41) is 2.59. The first-order chi connectivity index (χ1) is 17.9. The Hall–Kier alpha value is -2.32. The van der Waals surface area contributed by atoms with Crippen molar-refractivity contribution in [3.05, 3.63) is 53.1 Å². The molecule has 0 bridgehead atoms. The molecule has 11 heteroatoms. The fourth-order valence-corrected chi connectivity index (χ4v) is 6.01. The minimum Gasteiger partial charge on any atom is -0.414 e. The average molecular weight is 576 g/mol. The average Bonchev–Trinajstić information content (AvgIpc) is 3.18. The fourth-order valence-electron chi connectivity index (χ4n) is 3.63. The summed E-state index contributed by atoms with van der Waals surface area (Å²) in [5.74, 6) is 0.489. The van der Waals surface area contributed by atoms with E-state index in [0.717, 1.165) is 0 Å². The van der Waals surface area contributed by atoms with E-state index in [1.807, 2.05) is 6.07 Å². The summed E-state index contributed by atoms with van der Waals surface area (Å²) in [6.07, 6.45) is 0.267. The summed E-state index contributed by atoms with van der Waals surface area (Å²) in [7, 11) is -4.13. The number of para-hydroxylation sites is 1. The maximum atomic E-state index is 13.0. The summed E-state index contributed by atoms with van der Waals surface area (Å²) < 4.78 is 26.4. The molecule has 3 rings (SSSR count). The third-order valence-electron chi connectivity index (χ3n) is 8.17. The zero-order chi connectivity index (χ0) is 29.2. The first-order valence-corrected chi connectivity index (χ1v) is 19.3. The van der Waals surface area contributed by atoms with Crippen LogP contribution in [0.2, 0.25) is 36.3 Å². The molecule has 2 heterocycles. The molecule has 1 aliphatic heterocycles. The van der Waals surface area contributed by atoms with Gasteiger partial charge in [0, 0.05) is 12.6 Å². The molecular formula is C28H45N3O6Si2. The number of ether oxygens (including phenoxy) is 2. The van der Waals surface area contributed by atoms with Crippen molar-refractivity contribution < 1.29 is 23.1 Å². The van der Waals surface area contributed by atoms with Crippen molar-refractivity contribution >= 4 is 28.5 Å². The fraction of sp³-hybridized carbons (Fsp3) is 0.607. The molecule has 3 atom stereocenters. The molecule has 0 spiro atoms. The van der Waals surface area contributed by atoms with E-state index < -0.39 is 34.6 Å². The van der Waals surface area contributed by atoms with Crippen molar-refractivity contribution in [1.29, 1.82) is 0 Å². The maximum Gasteiger partial charge on any atom is 0.418 e. The van der Waals surface area contributed by atoms with E-state index >= 15 is 0 Å². The summed E-state index contributed by atoms with van der Waals surface area (Å²) >= 11 is 0. The van der Waals surface area contributed by atoms with E-state index in [4.69, 9.17) is 18.3 Å². The zero-order valence-corrected chi connectivity index (χ0v) is 27.0. The molecule has 1 aliphatic rings. The van der Waals surface area contributed by atoms with E-state index in [0.29, 0.717) is 18.8 Å². The van der Waals surface area contributed by atoms with E-state index in [2.05, 4.69) is 78.0 Å². The Morgan fingerprint density at radius 1 is 1.03 bits per heavy atom. The number of nitrogens with zero attached hydrogens (tertiary/aromatic N) is 2. The lowest BCUT2D eigenvalue weighted by molar-refractivity contribution is -0.0411. The quantitative estimate of drug-likeness (QED) is 0.356. The largest absolute Gasteiger partial charge is 0.418 e. The van der Waals surface area contributed by atoms with Crippen molar-refractivity contribution in [3.8, 4) is 5.75 Å². The molecule has 0 saturated carbocycles. The Balaban J connectivity index is 1.76. The van der Waals surface area contributed by atoms with Gasteiger partial charge < -0.3 is 18.3 Å². The number of amides is 1. The molecule has 0 aliphatic carbocycles. The van der Waals surface area contributed by atoms with Crippen LogP contribution in [0, 0.1) is 0 Å². The smallest absolute Gasteiger partial charge is 0.414 e. The molecule has 9 nitrogen and oxygen atoms in total. The Bertz CT molecular complexity index is 1190. The van der Waals surface area contributed by atoms with E-state index in [1.54, 1.807) is 36.5 Å². The molecule has 0 radical (unpaired) electrons. The van der Waals surface area contributed by atoms with E-state index in [9.17, 15) is 9.59 Å². The Morgan fingerprint density at radius 2 is 1.64 bits per heavy atom. The summed E-state index contributed by atoms with van der Waals surface area (Å²) in [4.78, 5) is 29.3. The minimum atomic E-state index is -2.12. The molecule has 1 aromatic heterocycles. The second-order valence-corrected chi connectivity index (χ2v) is 22.7. The van der Waals surface area contributed by atoms with Crippen LogP contribution in [-0.4, -0.2) is 51.1 Å². The predicted molar refractivity (Wildman–Crippen MR) is 158 cm³/mol. The number of aromatic nitrogens is 2. The van der Waals surface area contributed by atoms with Gasteiger partial charge in [-0.3, -0.25) is 9.88 Å². The van der Waals surface area contributed by atoms with E-state index in [-0.39, 0.29) is 28.1 Å². The lowest BCUT2D eigenvalue weighted by Gasteiger charge is -2.40. The maximum absolute atomic E-state index is 13.0. The molecule has 1 aromatic carbocycles. The van der Waals surface area contributed by atoms with Gasteiger partial charge in [-0.1, -0.05) is 59.7 Å². The Labute approximate surface area is 234 Å². The molecule has 1 saturated heterocycles. The summed E-state index contributed by atoms with van der Waals surface area (Å²) in [6, 6.07) is 10.2. The minimum absolute atomic E-state index is 0.0238. The van der Waals surface area contributed by atoms with Crippen LogP contribution < -0.4 is 15.7 Å². The van der Waals surface area contributed by atoms with Gasteiger partial charge in [-0.25, -0.2) is 9.59 Å². The van der Waals surface area contributed by atoms with Crippen LogP contribution in [0.4, 0.5) is 10.6 Å². The first-order valence-electron chi connectivity index (χ1n) is 13.5. The number of nitrogens with one attached hydrogen (secondary N) is 1. The molecule has 2 aromatic rings. The standard InChI is InChI=1S/C28H45N3O6Si2/c1-27(2,3)38(7,8)34-19-22-21(37-39(9,10)28(4,5)6)18-24(36-22)31-17-16-23(29-25(31)32)30-26(33)35-20-14-12-11-13-15-20/h11-17,21-22,24H,18-19H2,1-10H3,(H,29,30,32,33)/t21-,22+,24+/m0/s1. The van der Waals surface area contributed by atoms with Gasteiger partial charge in [-0.2, -0.15) is 4.98 Å². The van der Waals surface area contributed by atoms with Crippen LogP contribution in [0.1, 0.15) is 54.2 Å². The zero-order valence-electron chi connectivity index (χ0n) is 25.0. The van der Waals surface area contributed by atoms with Crippen LogP contribution >= 0.6 is 0 Å². The number of hydrogen-bond donors (Lipinski definition) is 1. The van der Waals surface area contributed by atoms with Gasteiger partial charge in [0.25, 0.3) is 0 Å². The highest BCUT2D eigenvalue weighted by Crippen LogP contribution is 2.42. The van der Waals surface area contributed by atoms with Crippen molar-refractivity contribution in [3.63, 3.8) is 0 Å². The first kappa shape index (κ1) is 31.2. The van der Waals surface area contributed by atoms with Gasteiger partial charge in [0.05, 0.1) is 12.7 Å². The number of carbonyl (C=O) groups excluding carboxylic acids is 1. The Kier molecular flexibility index (Phi) is 9.33. The summed E-state index contributed by atoms with van der Waals surface area (Å²) in [6.45, 7) is 22.5. The molecular weight excluding hydrogens is 530 g/mol. The highest BCUT2D eigenvalue weighted by molar-refractivity contribution is 6.74. The second-order valence-electron chi connectivity index (χ2n) is 13.2. The SMILES string of the molecule is CC(C)(C)[Si](C)(C)OC[C@H]1O[C@@H](n2ccc(NC(=O)Oc3ccccc3)nc2=O)C[C@@H]1O[Si](C)(C)C(C)(C)C. The topological polar surface area (TPSA) is 101 Å². The Morgan fingerprint density at radius 3 is 2.21 bits per heavy atom. The normalized spacial score (nSPS) is 20.6. The van der Waals surface area contributed by atoms with Gasteiger partial charge in [-0.05, 0) is 54.5 Å². The molecule has 216 valence electrons. The van der Waals surface area contributed by atoms with Crippen molar-refractivity contribution in [2.45, 2.75) is 103 Å². The van der Waals surface area contributed by atoms with Crippen LogP contribution in [0.25, 0.3) is 0 Å². The predicted octanol–water partition coefficient (Wildman–Crippen LogP) is 6.55. The van der Waals surface area contributed by atoms with Gasteiger partial charge in [0.2, 0.25) is 0 Å². The highest BCUT2D eigenvalue weighted by atomic mass is 28.4. The number of anilines is 1. The van der Waals surface area contributed by atoms with Crippen molar-refractivity contribution in [2.24, 2.45) is 0 Å². The van der Waals surface area contributed by atoms with Crippen LogP contribution in [0.15, 0.2) is 47.4 Å². The van der Waals surface area contributed by atoms with Crippen LogP contribution in [-0.2, 0) is 13.6 Å². The lowest BCUT2D eigenvalue weighted by atomic mass is 10.2. The van der Waals surface area contributed by atoms with Crippen LogP contribution in [0.5, 0.6) is 5.75 Å². The monoisotopic (exact) mass is 575 g/mol. The van der Waals surface area contributed by atoms with Gasteiger partial charge in [0.15, 0.2) is 16.6 Å². The molecule has 0 unspecified atom stereocenters. The van der Waals surface area contributed by atoms with Crippen molar-refractivity contribution in [2.75, 3.05) is 11.9 Å². The lowest BCUT2D eigenvalue weighted by Crippen LogP contribution is -2.48. The molecule has 1 amide bonds. The van der Waals surface area contributed by atoms with Crippen LogP contribution in [0.3, 0.4) is 0 Å². The number of carbonyl (C=O) groups is 1. The molecule has 1 fully saturated rings.